The van der Waals surface area contributed by atoms with Crippen molar-refractivity contribution in [3.8, 4) is 0 Å². The van der Waals surface area contributed by atoms with Crippen molar-refractivity contribution in [3.63, 3.8) is 0 Å². The Balaban J connectivity index is 1.66. The van der Waals surface area contributed by atoms with Crippen LogP contribution in [0.4, 0.5) is 0 Å². The van der Waals surface area contributed by atoms with Gasteiger partial charge in [0.1, 0.15) is 0 Å². The van der Waals surface area contributed by atoms with E-state index in [9.17, 15) is 18.0 Å². The van der Waals surface area contributed by atoms with Gasteiger partial charge in [0, 0.05) is 17.9 Å². The lowest BCUT2D eigenvalue weighted by atomic mass is 9.06. The van der Waals surface area contributed by atoms with E-state index in [-0.39, 0.29) is 45.8 Å². The van der Waals surface area contributed by atoms with Crippen molar-refractivity contribution < 1.29 is 8.42 Å². The molecule has 2 bridgehead atoms. The van der Waals surface area contributed by atoms with Gasteiger partial charge in [-0.3, -0.25) is 0 Å². The van der Waals surface area contributed by atoms with Gasteiger partial charge >= 0.3 is 11.4 Å². The minimum Gasteiger partial charge on any atom is -0.246 e. The summed E-state index contributed by atoms with van der Waals surface area (Å²) in [4.78, 5) is 24.8. The summed E-state index contributed by atoms with van der Waals surface area (Å²) in [7, 11) is -1.52. The number of sulfone groups is 1. The molecule has 0 radical (unpaired) electrons. The predicted molar refractivity (Wildman–Crippen MR) is 69.5 cm³/mol. The summed E-state index contributed by atoms with van der Waals surface area (Å²) in [5.41, 5.74) is -0.958. The molecule has 2 spiro atoms. The Kier molecular flexibility index (Phi) is 1.09. The molecule has 4 aliphatic carbocycles. The summed E-state index contributed by atoms with van der Waals surface area (Å²) in [5.74, 6) is 2.40. The van der Waals surface area contributed by atoms with Gasteiger partial charge in [-0.25, -0.2) is 31.9 Å². The topological polar surface area (TPSA) is 83.1 Å². The summed E-state index contributed by atoms with van der Waals surface area (Å²) in [6.07, 6.45) is 0. The first-order valence-electron chi connectivity index (χ1n) is 7.49. The Bertz CT molecular complexity index is 957. The fourth-order valence-electron chi connectivity index (χ4n) is 8.13. The average Bonchev–Trinajstić information content (AvgIpc) is 2.76. The molecule has 0 N–H and O–H groups in total. The van der Waals surface area contributed by atoms with E-state index in [1.54, 1.807) is 9.36 Å². The summed E-state index contributed by atoms with van der Waals surface area (Å²) >= 11 is 0. The molecule has 8 atom stereocenters. The average molecular weight is 307 g/mol. The van der Waals surface area contributed by atoms with Crippen LogP contribution in [0.5, 0.6) is 0 Å². The largest absolute Gasteiger partial charge is 0.347 e. The highest BCUT2D eigenvalue weighted by atomic mass is 32.2. The lowest BCUT2D eigenvalue weighted by Gasteiger charge is -2.99. The first-order valence-corrected chi connectivity index (χ1v) is 9.31. The molecule has 1 saturated heterocycles. The van der Waals surface area contributed by atoms with Crippen LogP contribution in [0.2, 0.25) is 0 Å². The number of aromatic nitrogens is 3. The van der Waals surface area contributed by atoms with E-state index in [0.717, 1.165) is 0 Å². The minimum atomic E-state index is -3.04. The molecular formula is C13H13N3O4S. The zero-order valence-electron chi connectivity index (χ0n) is 11.3. The third-order valence-corrected chi connectivity index (χ3v) is 9.98. The molecule has 4 saturated carbocycles. The number of nitrogens with zero attached hydrogens (tertiary/aromatic N) is 3. The fraction of sp³-hybridized carbons (Fsp3) is 0.846. The van der Waals surface area contributed by atoms with Crippen LogP contribution in [0.25, 0.3) is 0 Å². The molecule has 5 fully saturated rings. The lowest BCUT2D eigenvalue weighted by Crippen LogP contribution is -3.00. The first-order chi connectivity index (χ1) is 9.88. The van der Waals surface area contributed by atoms with Crippen LogP contribution < -0.4 is 11.4 Å². The van der Waals surface area contributed by atoms with Gasteiger partial charge in [-0.1, -0.05) is 0 Å². The normalized spacial score (nSPS) is 60.8. The quantitative estimate of drug-likeness (QED) is 0.576. The molecular weight excluding hydrogens is 294 g/mol. The molecule has 0 amide bonds. The van der Waals surface area contributed by atoms with Crippen LogP contribution in [-0.2, 0) is 16.9 Å². The van der Waals surface area contributed by atoms with Crippen LogP contribution in [-0.4, -0.2) is 33.9 Å². The molecule has 110 valence electrons. The third kappa shape index (κ3) is 0.569. The van der Waals surface area contributed by atoms with Crippen LogP contribution in [0.3, 0.4) is 0 Å². The zero-order chi connectivity index (χ0) is 14.3. The van der Waals surface area contributed by atoms with E-state index in [1.165, 1.54) is 11.6 Å². The van der Waals surface area contributed by atoms with Gasteiger partial charge in [0.25, 0.3) is 0 Å². The number of hydrogen-bond donors (Lipinski definition) is 0. The molecule has 21 heavy (non-hydrogen) atoms. The van der Waals surface area contributed by atoms with Crippen molar-refractivity contribution in [2.75, 3.05) is 11.5 Å². The maximum atomic E-state index is 12.4. The van der Waals surface area contributed by atoms with Gasteiger partial charge in [-0.15, -0.1) is 0 Å². The van der Waals surface area contributed by atoms with Crippen molar-refractivity contribution in [1.82, 2.24) is 13.9 Å². The zero-order valence-corrected chi connectivity index (χ0v) is 12.1. The van der Waals surface area contributed by atoms with Crippen LogP contribution in [0, 0.1) is 34.5 Å². The van der Waals surface area contributed by atoms with E-state index >= 15 is 0 Å². The van der Waals surface area contributed by atoms with E-state index in [1.807, 2.05) is 0 Å². The van der Waals surface area contributed by atoms with Gasteiger partial charge < -0.3 is 0 Å². The highest BCUT2D eigenvalue weighted by Crippen LogP contribution is 3.03. The molecule has 0 unspecified atom stereocenters. The second-order valence-corrected chi connectivity index (χ2v) is 10.1. The van der Waals surface area contributed by atoms with Gasteiger partial charge in [0.2, 0.25) is 0 Å². The Morgan fingerprint density at radius 1 is 0.952 bits per heavy atom. The SMILES string of the molecule is Cn1c(=O)n2n(c1=O)[C@H]1[C@@H]3[C@@H]4[C@@H]5[C@@H]3[C@@]13CS(=O)(=O)C[C@@]53[C@H]42. The summed E-state index contributed by atoms with van der Waals surface area (Å²) in [6, 6.07) is -0.0812. The fourth-order valence-corrected chi connectivity index (χ4v) is 10.9. The first kappa shape index (κ1) is 10.4. The van der Waals surface area contributed by atoms with Crippen LogP contribution in [0.15, 0.2) is 9.59 Å². The highest BCUT2D eigenvalue weighted by Gasteiger charge is 3.05. The Morgan fingerprint density at radius 2 is 1.38 bits per heavy atom. The van der Waals surface area contributed by atoms with Crippen LogP contribution >= 0.6 is 0 Å². The van der Waals surface area contributed by atoms with Gasteiger partial charge in [-0.2, -0.15) is 0 Å². The minimum absolute atomic E-state index is 0.0406. The molecule has 1 aromatic rings. The second-order valence-electron chi connectivity index (χ2n) is 8.02. The molecule has 3 aliphatic heterocycles. The molecule has 4 heterocycles. The smallest absolute Gasteiger partial charge is 0.246 e. The number of rotatable bonds is 0. The predicted octanol–water partition coefficient (Wildman–Crippen LogP) is -1.64. The monoisotopic (exact) mass is 307 g/mol. The van der Waals surface area contributed by atoms with Crippen molar-refractivity contribution in [2.24, 2.45) is 41.5 Å². The number of hydrogen-bond acceptors (Lipinski definition) is 4. The molecule has 8 rings (SSSR count). The van der Waals surface area contributed by atoms with Gasteiger partial charge in [-0.05, 0) is 23.7 Å². The molecule has 0 aromatic carbocycles. The Labute approximate surface area is 119 Å². The van der Waals surface area contributed by atoms with Gasteiger partial charge in [0.05, 0.1) is 23.6 Å². The maximum Gasteiger partial charge on any atom is 0.347 e. The lowest BCUT2D eigenvalue weighted by molar-refractivity contribution is -0.533. The third-order valence-electron chi connectivity index (χ3n) is 8.14. The van der Waals surface area contributed by atoms with Crippen molar-refractivity contribution in [3.05, 3.63) is 21.0 Å². The molecule has 1 aromatic heterocycles. The van der Waals surface area contributed by atoms with Gasteiger partial charge in [0.15, 0.2) is 9.84 Å². The van der Waals surface area contributed by atoms with E-state index < -0.39 is 9.84 Å². The second kappa shape index (κ2) is 2.19. The summed E-state index contributed by atoms with van der Waals surface area (Å²) < 4.78 is 29.1. The van der Waals surface area contributed by atoms with E-state index in [0.29, 0.717) is 23.7 Å². The standard InChI is InChI=1S/C13H13N3O4S/c1-14-10(17)15-8-4-5-7-6(4)12(8)2-21(19,20)3-13(7,12)9(5)16(15)11(14)18/h4-9H,2-3H2,1H3/t4-,5-,6-,7-,8+,9+,12+,13+/m1/s1. The van der Waals surface area contributed by atoms with E-state index in [2.05, 4.69) is 0 Å². The Hall–Kier alpha value is -1.31. The van der Waals surface area contributed by atoms with Crippen molar-refractivity contribution in [2.45, 2.75) is 12.1 Å². The maximum absolute atomic E-state index is 12.4. The van der Waals surface area contributed by atoms with Crippen molar-refractivity contribution >= 4 is 9.84 Å². The van der Waals surface area contributed by atoms with Crippen LogP contribution in [0.1, 0.15) is 12.1 Å². The molecule has 7 aliphatic rings. The summed E-state index contributed by atoms with van der Waals surface area (Å²) in [5, 5.41) is 0. The van der Waals surface area contributed by atoms with E-state index in [4.69, 9.17) is 0 Å². The van der Waals surface area contributed by atoms with Crippen molar-refractivity contribution in [1.29, 1.82) is 0 Å². The highest BCUT2D eigenvalue weighted by molar-refractivity contribution is 7.91. The summed E-state index contributed by atoms with van der Waals surface area (Å²) in [6.45, 7) is 0. The molecule has 8 heteroatoms. The molecule has 7 nitrogen and oxygen atoms in total. The Morgan fingerprint density at radius 3 is 1.81 bits per heavy atom.